The predicted octanol–water partition coefficient (Wildman–Crippen LogP) is 2.05. The van der Waals surface area contributed by atoms with Crippen molar-refractivity contribution in [2.75, 3.05) is 25.5 Å². The zero-order valence-electron chi connectivity index (χ0n) is 9.66. The number of benzene rings is 1. The zero-order valence-corrected chi connectivity index (χ0v) is 9.66. The van der Waals surface area contributed by atoms with Gasteiger partial charge in [-0.05, 0) is 30.7 Å². The van der Waals surface area contributed by atoms with E-state index in [0.717, 1.165) is 29.9 Å². The van der Waals surface area contributed by atoms with Crippen molar-refractivity contribution in [2.24, 2.45) is 0 Å². The Kier molecular flexibility index (Phi) is 2.95. The topological polar surface area (TPSA) is 32.3 Å². The number of anilines is 1. The van der Waals surface area contributed by atoms with Gasteiger partial charge in [-0.2, -0.15) is 0 Å². The highest BCUT2D eigenvalue weighted by molar-refractivity contribution is 5.96. The van der Waals surface area contributed by atoms with E-state index in [1.54, 1.807) is 0 Å². The summed E-state index contributed by atoms with van der Waals surface area (Å²) >= 11 is 0. The van der Waals surface area contributed by atoms with Crippen LogP contribution >= 0.6 is 0 Å². The first-order chi connectivity index (χ1) is 7.72. The molecule has 1 aromatic rings. The average molecular weight is 216 g/mol. The van der Waals surface area contributed by atoms with Gasteiger partial charge in [0.15, 0.2) is 0 Å². The fourth-order valence-corrected chi connectivity index (χ4v) is 1.87. The van der Waals surface area contributed by atoms with Crippen molar-refractivity contribution in [3.8, 4) is 0 Å². The molecule has 1 N–H and O–H groups in total. The summed E-state index contributed by atoms with van der Waals surface area (Å²) in [6, 6.07) is 5.82. The quantitative estimate of drug-likeness (QED) is 0.767. The molecule has 2 rings (SSSR count). The van der Waals surface area contributed by atoms with E-state index in [1.165, 1.54) is 0 Å². The molecule has 1 aliphatic rings. The van der Waals surface area contributed by atoms with E-state index in [2.05, 4.69) is 5.32 Å². The average Bonchev–Trinajstić information content (AvgIpc) is 2.81. The summed E-state index contributed by atoms with van der Waals surface area (Å²) in [4.78, 5) is 14.0. The Morgan fingerprint density at radius 1 is 1.31 bits per heavy atom. The Labute approximate surface area is 95.8 Å². The second-order valence-electron chi connectivity index (χ2n) is 3.96. The van der Waals surface area contributed by atoms with Crippen LogP contribution in [0.1, 0.15) is 15.9 Å². The lowest BCUT2D eigenvalue weighted by molar-refractivity contribution is 0.0799. The van der Waals surface area contributed by atoms with Crippen LogP contribution < -0.4 is 5.32 Å². The number of amides is 1. The third kappa shape index (κ3) is 1.94. The van der Waals surface area contributed by atoms with Gasteiger partial charge in [-0.15, -0.1) is 0 Å². The summed E-state index contributed by atoms with van der Waals surface area (Å²) in [7, 11) is 1.88. The van der Waals surface area contributed by atoms with Gasteiger partial charge in [-0.3, -0.25) is 4.79 Å². The van der Waals surface area contributed by atoms with E-state index in [-0.39, 0.29) is 5.91 Å². The van der Waals surface area contributed by atoms with Crippen LogP contribution in [0, 0.1) is 6.92 Å². The summed E-state index contributed by atoms with van der Waals surface area (Å²) in [6.07, 6.45) is 4.05. The van der Waals surface area contributed by atoms with Crippen LogP contribution in [0.5, 0.6) is 0 Å². The second-order valence-corrected chi connectivity index (χ2v) is 3.96. The maximum absolute atomic E-state index is 12.1. The van der Waals surface area contributed by atoms with E-state index in [1.807, 2.05) is 49.2 Å². The molecule has 0 atom stereocenters. The molecule has 0 saturated carbocycles. The van der Waals surface area contributed by atoms with Gasteiger partial charge in [0.05, 0.1) is 0 Å². The van der Waals surface area contributed by atoms with Gasteiger partial charge in [-0.25, -0.2) is 0 Å². The molecule has 1 amide bonds. The van der Waals surface area contributed by atoms with Crippen molar-refractivity contribution in [3.05, 3.63) is 41.5 Å². The first-order valence-electron chi connectivity index (χ1n) is 5.45. The molecular weight excluding hydrogens is 200 g/mol. The number of rotatable bonds is 2. The zero-order chi connectivity index (χ0) is 11.5. The molecule has 1 aromatic carbocycles. The van der Waals surface area contributed by atoms with Crippen molar-refractivity contribution in [2.45, 2.75) is 6.92 Å². The Balaban J connectivity index is 2.23. The van der Waals surface area contributed by atoms with Crippen molar-refractivity contribution in [1.82, 2.24) is 4.90 Å². The Morgan fingerprint density at radius 3 is 2.56 bits per heavy atom. The monoisotopic (exact) mass is 216 g/mol. The fraction of sp³-hybridized carbons (Fsp3) is 0.308. The minimum Gasteiger partial charge on any atom is -0.388 e. The predicted molar refractivity (Wildman–Crippen MR) is 65.8 cm³/mol. The van der Waals surface area contributed by atoms with Crippen LogP contribution in [0.2, 0.25) is 0 Å². The molecule has 0 aliphatic carbocycles. The highest BCUT2D eigenvalue weighted by atomic mass is 16.2. The molecule has 0 aromatic heterocycles. The number of nitrogens with zero attached hydrogens (tertiary/aromatic N) is 1. The van der Waals surface area contributed by atoms with Gasteiger partial charge in [0.25, 0.3) is 5.91 Å². The molecule has 3 heteroatoms. The second kappa shape index (κ2) is 4.39. The van der Waals surface area contributed by atoms with Crippen LogP contribution in [-0.2, 0) is 0 Å². The minimum absolute atomic E-state index is 0.116. The van der Waals surface area contributed by atoms with Gasteiger partial charge < -0.3 is 10.2 Å². The summed E-state index contributed by atoms with van der Waals surface area (Å²) in [5, 5.41) is 3.07. The number of hydrogen-bond donors (Lipinski definition) is 1. The summed E-state index contributed by atoms with van der Waals surface area (Å²) in [6.45, 7) is 3.43. The molecule has 0 unspecified atom stereocenters. The highest BCUT2D eigenvalue weighted by Crippen LogP contribution is 2.17. The SMILES string of the molecule is CNc1ccc(C(=O)N2CC=CC2)c(C)c1. The van der Waals surface area contributed by atoms with Gasteiger partial charge in [0.1, 0.15) is 0 Å². The van der Waals surface area contributed by atoms with Crippen molar-refractivity contribution >= 4 is 11.6 Å². The summed E-state index contributed by atoms with van der Waals surface area (Å²) in [5.74, 6) is 0.116. The number of carbonyl (C=O) groups is 1. The number of nitrogens with one attached hydrogen (secondary N) is 1. The third-order valence-electron chi connectivity index (χ3n) is 2.85. The van der Waals surface area contributed by atoms with Crippen molar-refractivity contribution < 1.29 is 4.79 Å². The molecule has 1 heterocycles. The molecule has 84 valence electrons. The maximum Gasteiger partial charge on any atom is 0.254 e. The van der Waals surface area contributed by atoms with Crippen LogP contribution in [0.25, 0.3) is 0 Å². The normalized spacial score (nSPS) is 14.2. The summed E-state index contributed by atoms with van der Waals surface area (Å²) < 4.78 is 0. The van der Waals surface area contributed by atoms with E-state index >= 15 is 0 Å². The number of hydrogen-bond acceptors (Lipinski definition) is 2. The van der Waals surface area contributed by atoms with Crippen molar-refractivity contribution in [1.29, 1.82) is 0 Å². The summed E-state index contributed by atoms with van der Waals surface area (Å²) in [5.41, 5.74) is 2.85. The lowest BCUT2D eigenvalue weighted by Gasteiger charge is -2.17. The van der Waals surface area contributed by atoms with E-state index in [9.17, 15) is 4.79 Å². The molecular formula is C13H16N2O. The first kappa shape index (κ1) is 10.7. The molecule has 16 heavy (non-hydrogen) atoms. The lowest BCUT2D eigenvalue weighted by Crippen LogP contribution is -2.28. The number of aryl methyl sites for hydroxylation is 1. The van der Waals surface area contributed by atoms with Crippen LogP contribution in [-0.4, -0.2) is 30.9 Å². The molecule has 0 fully saturated rings. The molecule has 0 saturated heterocycles. The standard InChI is InChI=1S/C13H16N2O/c1-10-9-11(14-2)5-6-12(10)13(16)15-7-3-4-8-15/h3-6,9,14H,7-8H2,1-2H3. The molecule has 0 bridgehead atoms. The van der Waals surface area contributed by atoms with E-state index in [4.69, 9.17) is 0 Å². The largest absolute Gasteiger partial charge is 0.388 e. The molecule has 1 aliphatic heterocycles. The smallest absolute Gasteiger partial charge is 0.254 e. The van der Waals surface area contributed by atoms with E-state index < -0.39 is 0 Å². The first-order valence-corrected chi connectivity index (χ1v) is 5.45. The third-order valence-corrected chi connectivity index (χ3v) is 2.85. The van der Waals surface area contributed by atoms with Crippen LogP contribution in [0.4, 0.5) is 5.69 Å². The number of carbonyl (C=O) groups excluding carboxylic acids is 1. The van der Waals surface area contributed by atoms with Gasteiger partial charge in [0, 0.05) is 31.4 Å². The fourth-order valence-electron chi connectivity index (χ4n) is 1.87. The minimum atomic E-state index is 0.116. The van der Waals surface area contributed by atoms with Crippen LogP contribution in [0.3, 0.4) is 0 Å². The van der Waals surface area contributed by atoms with Gasteiger partial charge >= 0.3 is 0 Å². The molecule has 3 nitrogen and oxygen atoms in total. The van der Waals surface area contributed by atoms with E-state index in [0.29, 0.717) is 0 Å². The van der Waals surface area contributed by atoms with Crippen molar-refractivity contribution in [3.63, 3.8) is 0 Å². The Morgan fingerprint density at radius 2 is 2.00 bits per heavy atom. The maximum atomic E-state index is 12.1. The lowest BCUT2D eigenvalue weighted by atomic mass is 10.1. The van der Waals surface area contributed by atoms with Crippen LogP contribution in [0.15, 0.2) is 30.4 Å². The van der Waals surface area contributed by atoms with Gasteiger partial charge in [0.2, 0.25) is 0 Å². The highest BCUT2D eigenvalue weighted by Gasteiger charge is 2.17. The Bertz CT molecular complexity index is 430. The van der Waals surface area contributed by atoms with Gasteiger partial charge in [-0.1, -0.05) is 12.2 Å². The molecule has 0 spiro atoms. The Hall–Kier alpha value is -1.77. The molecule has 0 radical (unpaired) electrons.